The summed E-state index contributed by atoms with van der Waals surface area (Å²) in [6.45, 7) is 5.34. The lowest BCUT2D eigenvalue weighted by atomic mass is 10.0. The summed E-state index contributed by atoms with van der Waals surface area (Å²) >= 11 is 0. The normalized spacial score (nSPS) is 17.8. The van der Waals surface area contributed by atoms with Crippen molar-refractivity contribution in [3.63, 3.8) is 0 Å². The average molecular weight is 280 g/mol. The molecule has 108 valence electrons. The number of nitro benzene ring substituents is 1. The van der Waals surface area contributed by atoms with E-state index in [1.807, 2.05) is 18.7 Å². The van der Waals surface area contributed by atoms with E-state index in [2.05, 4.69) is 0 Å². The first-order chi connectivity index (χ1) is 9.33. The number of nitro groups is 1. The molecular weight excluding hydrogens is 264 g/mol. The summed E-state index contributed by atoms with van der Waals surface area (Å²) in [4.78, 5) is 23.5. The van der Waals surface area contributed by atoms with E-state index in [-0.39, 0.29) is 16.8 Å². The van der Waals surface area contributed by atoms with E-state index >= 15 is 0 Å². The second kappa shape index (κ2) is 5.09. The van der Waals surface area contributed by atoms with Crippen LogP contribution in [0.25, 0.3) is 0 Å². The van der Waals surface area contributed by atoms with Crippen molar-refractivity contribution >= 4 is 17.3 Å². The SMILES string of the molecule is CC1(C)COCCN1c1ccc(C(=O)O)cc1[N+](=O)[O-]. The zero-order chi connectivity index (χ0) is 14.9. The van der Waals surface area contributed by atoms with Crippen LogP contribution in [0.15, 0.2) is 18.2 Å². The van der Waals surface area contributed by atoms with E-state index < -0.39 is 10.9 Å². The number of benzene rings is 1. The minimum absolute atomic E-state index is 0.0912. The van der Waals surface area contributed by atoms with Gasteiger partial charge in [-0.2, -0.15) is 0 Å². The molecule has 0 aliphatic carbocycles. The van der Waals surface area contributed by atoms with Crippen molar-refractivity contribution in [2.24, 2.45) is 0 Å². The molecule has 7 heteroatoms. The van der Waals surface area contributed by atoms with Gasteiger partial charge >= 0.3 is 5.97 Å². The molecule has 1 saturated heterocycles. The third-order valence-electron chi connectivity index (χ3n) is 3.36. The maximum atomic E-state index is 11.2. The number of rotatable bonds is 3. The standard InChI is InChI=1S/C13H16N2O5/c1-13(2)8-20-6-5-14(13)10-4-3-9(12(16)17)7-11(10)15(18)19/h3-4,7H,5-6,8H2,1-2H3,(H,16,17). The number of hydrogen-bond acceptors (Lipinski definition) is 5. The molecular formula is C13H16N2O5. The van der Waals surface area contributed by atoms with E-state index in [1.54, 1.807) is 0 Å². The Morgan fingerprint density at radius 1 is 1.50 bits per heavy atom. The van der Waals surface area contributed by atoms with E-state index in [9.17, 15) is 14.9 Å². The van der Waals surface area contributed by atoms with Crippen molar-refractivity contribution < 1.29 is 19.6 Å². The van der Waals surface area contributed by atoms with Crippen LogP contribution in [0.2, 0.25) is 0 Å². The first-order valence-corrected chi connectivity index (χ1v) is 6.20. The number of anilines is 1. The highest BCUT2D eigenvalue weighted by Gasteiger charge is 2.34. The zero-order valence-corrected chi connectivity index (χ0v) is 11.3. The number of carbonyl (C=O) groups is 1. The molecule has 0 spiro atoms. The molecule has 0 radical (unpaired) electrons. The zero-order valence-electron chi connectivity index (χ0n) is 11.3. The van der Waals surface area contributed by atoms with Crippen molar-refractivity contribution in [3.05, 3.63) is 33.9 Å². The Balaban J connectivity index is 2.50. The second-order valence-electron chi connectivity index (χ2n) is 5.28. The van der Waals surface area contributed by atoms with Crippen LogP contribution in [-0.2, 0) is 4.74 Å². The van der Waals surface area contributed by atoms with E-state index in [4.69, 9.17) is 9.84 Å². The summed E-state index contributed by atoms with van der Waals surface area (Å²) in [6, 6.07) is 3.98. The van der Waals surface area contributed by atoms with Gasteiger partial charge in [0.15, 0.2) is 0 Å². The molecule has 20 heavy (non-hydrogen) atoms. The Hall–Kier alpha value is -2.15. The molecule has 1 heterocycles. The summed E-state index contributed by atoms with van der Waals surface area (Å²) in [5.74, 6) is -1.18. The number of hydrogen-bond donors (Lipinski definition) is 1. The van der Waals surface area contributed by atoms with Gasteiger partial charge in [0.2, 0.25) is 0 Å². The number of aromatic carboxylic acids is 1. The largest absolute Gasteiger partial charge is 0.478 e. The van der Waals surface area contributed by atoms with Crippen molar-refractivity contribution in [1.29, 1.82) is 0 Å². The molecule has 2 rings (SSSR count). The molecule has 0 saturated carbocycles. The monoisotopic (exact) mass is 280 g/mol. The number of nitrogens with zero attached hydrogens (tertiary/aromatic N) is 2. The Bertz CT molecular complexity index is 556. The molecule has 1 aliphatic rings. The van der Waals surface area contributed by atoms with Crippen LogP contribution < -0.4 is 4.90 Å². The smallest absolute Gasteiger partial charge is 0.335 e. The number of morpholine rings is 1. The quantitative estimate of drug-likeness (QED) is 0.671. The van der Waals surface area contributed by atoms with Crippen LogP contribution in [-0.4, -0.2) is 41.3 Å². The highest BCUT2D eigenvalue weighted by molar-refractivity contribution is 5.90. The fraction of sp³-hybridized carbons (Fsp3) is 0.462. The van der Waals surface area contributed by atoms with Gasteiger partial charge in [0, 0.05) is 12.6 Å². The highest BCUT2D eigenvalue weighted by atomic mass is 16.6. The second-order valence-corrected chi connectivity index (χ2v) is 5.28. The van der Waals surface area contributed by atoms with Crippen LogP contribution in [0.5, 0.6) is 0 Å². The van der Waals surface area contributed by atoms with Crippen LogP contribution >= 0.6 is 0 Å². The van der Waals surface area contributed by atoms with Crippen LogP contribution in [0.4, 0.5) is 11.4 Å². The van der Waals surface area contributed by atoms with Crippen molar-refractivity contribution in [1.82, 2.24) is 0 Å². The van der Waals surface area contributed by atoms with Gasteiger partial charge in [0.05, 0.1) is 29.2 Å². The van der Waals surface area contributed by atoms with Crippen molar-refractivity contribution in [3.8, 4) is 0 Å². The fourth-order valence-corrected chi connectivity index (χ4v) is 2.34. The maximum Gasteiger partial charge on any atom is 0.335 e. The van der Waals surface area contributed by atoms with Crippen LogP contribution in [0.3, 0.4) is 0 Å². The summed E-state index contributed by atoms with van der Waals surface area (Å²) < 4.78 is 5.39. The van der Waals surface area contributed by atoms with Crippen molar-refractivity contribution in [2.45, 2.75) is 19.4 Å². The Morgan fingerprint density at radius 3 is 2.75 bits per heavy atom. The molecule has 1 fully saturated rings. The van der Waals surface area contributed by atoms with E-state index in [0.717, 1.165) is 6.07 Å². The molecule has 0 aromatic heterocycles. The first kappa shape index (κ1) is 14.3. The van der Waals surface area contributed by atoms with Gasteiger partial charge in [-0.05, 0) is 26.0 Å². The number of ether oxygens (including phenoxy) is 1. The number of carboxylic acid groups (broad SMARTS) is 1. The predicted octanol–water partition coefficient (Wildman–Crippen LogP) is 1.91. The van der Waals surface area contributed by atoms with Gasteiger partial charge in [-0.25, -0.2) is 4.79 Å². The molecule has 7 nitrogen and oxygen atoms in total. The summed E-state index contributed by atoms with van der Waals surface area (Å²) in [6.07, 6.45) is 0. The lowest BCUT2D eigenvalue weighted by Gasteiger charge is -2.43. The molecule has 1 N–H and O–H groups in total. The summed E-state index contributed by atoms with van der Waals surface area (Å²) in [5.41, 5.74) is -0.243. The molecule has 1 aliphatic heterocycles. The lowest BCUT2D eigenvalue weighted by Crippen LogP contribution is -2.53. The highest BCUT2D eigenvalue weighted by Crippen LogP contribution is 2.35. The topological polar surface area (TPSA) is 92.9 Å². The Morgan fingerprint density at radius 2 is 2.20 bits per heavy atom. The maximum absolute atomic E-state index is 11.2. The predicted molar refractivity (Wildman–Crippen MR) is 72.3 cm³/mol. The van der Waals surface area contributed by atoms with Gasteiger partial charge in [-0.1, -0.05) is 0 Å². The van der Waals surface area contributed by atoms with Crippen LogP contribution in [0.1, 0.15) is 24.2 Å². The Labute approximate surface area is 115 Å². The summed E-state index contributed by atoms with van der Waals surface area (Å²) in [5, 5.41) is 20.1. The van der Waals surface area contributed by atoms with Gasteiger partial charge < -0.3 is 14.7 Å². The first-order valence-electron chi connectivity index (χ1n) is 6.20. The molecule has 0 atom stereocenters. The van der Waals surface area contributed by atoms with E-state index in [1.165, 1.54) is 12.1 Å². The lowest BCUT2D eigenvalue weighted by molar-refractivity contribution is -0.384. The molecule has 1 aromatic rings. The average Bonchev–Trinajstić information content (AvgIpc) is 2.37. The van der Waals surface area contributed by atoms with Crippen molar-refractivity contribution in [2.75, 3.05) is 24.7 Å². The van der Waals surface area contributed by atoms with E-state index in [0.29, 0.717) is 25.4 Å². The minimum Gasteiger partial charge on any atom is -0.478 e. The van der Waals surface area contributed by atoms with Gasteiger partial charge in [0.1, 0.15) is 5.69 Å². The van der Waals surface area contributed by atoms with Gasteiger partial charge in [-0.15, -0.1) is 0 Å². The Kier molecular flexibility index (Phi) is 3.63. The minimum atomic E-state index is -1.18. The number of carboxylic acids is 1. The fourth-order valence-electron chi connectivity index (χ4n) is 2.34. The van der Waals surface area contributed by atoms with Gasteiger partial charge in [0.25, 0.3) is 5.69 Å². The third kappa shape index (κ3) is 2.57. The van der Waals surface area contributed by atoms with Crippen LogP contribution in [0, 0.1) is 10.1 Å². The molecule has 0 unspecified atom stereocenters. The summed E-state index contributed by atoms with van der Waals surface area (Å²) in [7, 11) is 0. The third-order valence-corrected chi connectivity index (χ3v) is 3.36. The van der Waals surface area contributed by atoms with Gasteiger partial charge in [-0.3, -0.25) is 10.1 Å². The molecule has 0 bridgehead atoms. The molecule has 0 amide bonds. The molecule has 1 aromatic carbocycles.